The fraction of sp³-hybridized carbons (Fsp3) is 0.500. The van der Waals surface area contributed by atoms with E-state index in [1.54, 1.807) is 23.3 Å². The van der Waals surface area contributed by atoms with E-state index in [2.05, 4.69) is 46.8 Å². The molecule has 4 rings (SSSR count). The predicted molar refractivity (Wildman–Crippen MR) is 113 cm³/mol. The number of hydrogen-bond acceptors (Lipinski definition) is 4. The number of rotatable bonds is 7. The Kier molecular flexibility index (Phi) is 5.87. The molecule has 28 heavy (non-hydrogen) atoms. The summed E-state index contributed by atoms with van der Waals surface area (Å²) in [4.78, 5) is 17.7. The first-order valence-corrected chi connectivity index (χ1v) is 11.1. The van der Waals surface area contributed by atoms with E-state index in [0.717, 1.165) is 44.8 Å². The van der Waals surface area contributed by atoms with Crippen LogP contribution in [0.15, 0.2) is 41.8 Å². The minimum atomic E-state index is 0.147. The third kappa shape index (κ3) is 4.33. The summed E-state index contributed by atoms with van der Waals surface area (Å²) in [6, 6.07) is 13.1. The van der Waals surface area contributed by atoms with E-state index in [-0.39, 0.29) is 17.9 Å². The maximum Gasteiger partial charge on any atom is 0.223 e. The molecule has 6 heteroatoms. The first-order valence-electron chi connectivity index (χ1n) is 10.2. The van der Waals surface area contributed by atoms with Gasteiger partial charge >= 0.3 is 0 Å². The molecule has 2 heterocycles. The summed E-state index contributed by atoms with van der Waals surface area (Å²) in [5.74, 6) is 1.39. The summed E-state index contributed by atoms with van der Waals surface area (Å²) in [5.41, 5.74) is 1.25. The predicted octanol–water partition coefficient (Wildman–Crippen LogP) is 2.12. The second-order valence-corrected chi connectivity index (χ2v) is 8.89. The minimum absolute atomic E-state index is 0.147. The summed E-state index contributed by atoms with van der Waals surface area (Å²) in [6.45, 7) is 6.35. The van der Waals surface area contributed by atoms with Crippen LogP contribution >= 0.6 is 11.3 Å². The topological polar surface area (TPSA) is 46.0 Å². The van der Waals surface area contributed by atoms with Crippen molar-refractivity contribution in [2.75, 3.05) is 38.2 Å². The average molecular weight is 401 g/mol. The van der Waals surface area contributed by atoms with Crippen LogP contribution < -0.4 is 19.9 Å². The Morgan fingerprint density at radius 2 is 1.93 bits per heavy atom. The van der Waals surface area contributed by atoms with Crippen molar-refractivity contribution in [1.82, 2.24) is 5.32 Å². The van der Waals surface area contributed by atoms with Gasteiger partial charge in [0.05, 0.1) is 44.2 Å². The summed E-state index contributed by atoms with van der Waals surface area (Å²) >= 11 is 1.81. The van der Waals surface area contributed by atoms with Crippen molar-refractivity contribution in [3.05, 3.63) is 46.7 Å². The van der Waals surface area contributed by atoms with Crippen LogP contribution in [-0.2, 0) is 4.79 Å². The van der Waals surface area contributed by atoms with Gasteiger partial charge in [-0.25, -0.2) is 0 Å². The van der Waals surface area contributed by atoms with Gasteiger partial charge < -0.3 is 19.9 Å². The Hall–Kier alpha value is -2.05. The van der Waals surface area contributed by atoms with Crippen LogP contribution in [0.1, 0.15) is 30.7 Å². The van der Waals surface area contributed by atoms with Crippen molar-refractivity contribution in [3.8, 4) is 5.75 Å². The first-order chi connectivity index (χ1) is 13.7. The molecule has 2 aliphatic rings. The fourth-order valence-corrected chi connectivity index (χ4v) is 5.19. The Bertz CT molecular complexity index is 766. The van der Waals surface area contributed by atoms with Crippen molar-refractivity contribution in [3.63, 3.8) is 0 Å². The van der Waals surface area contributed by atoms with E-state index in [1.807, 2.05) is 12.1 Å². The van der Waals surface area contributed by atoms with Gasteiger partial charge in [-0.05, 0) is 55.5 Å². The third-order valence-electron chi connectivity index (χ3n) is 5.95. The largest absolute Gasteiger partial charge is 0.497 e. The molecule has 1 aromatic carbocycles. The number of amides is 1. The van der Waals surface area contributed by atoms with Crippen LogP contribution in [0.25, 0.3) is 0 Å². The Morgan fingerprint density at radius 3 is 2.50 bits per heavy atom. The highest BCUT2D eigenvalue weighted by atomic mass is 32.1. The molecule has 2 N–H and O–H groups in total. The average Bonchev–Trinajstić information content (AvgIpc) is 3.45. The van der Waals surface area contributed by atoms with E-state index in [4.69, 9.17) is 4.74 Å². The monoisotopic (exact) mass is 400 g/mol. The fourth-order valence-electron chi connectivity index (χ4n) is 4.20. The highest BCUT2D eigenvalue weighted by Gasteiger charge is 2.37. The van der Waals surface area contributed by atoms with Crippen LogP contribution in [-0.4, -0.2) is 45.2 Å². The van der Waals surface area contributed by atoms with Crippen LogP contribution in [0, 0.1) is 5.92 Å². The van der Waals surface area contributed by atoms with Gasteiger partial charge in [0.1, 0.15) is 11.8 Å². The van der Waals surface area contributed by atoms with Gasteiger partial charge in [0, 0.05) is 11.6 Å². The molecule has 150 valence electrons. The lowest BCUT2D eigenvalue weighted by atomic mass is 10.0. The highest BCUT2D eigenvalue weighted by Crippen LogP contribution is 2.29. The molecule has 1 saturated carbocycles. The smallest absolute Gasteiger partial charge is 0.223 e. The SMILES string of the molecule is COc1ccc(N2CC[NH+]([C@H](c3cccs3)[C@H](C)NC(=O)C3CC3)CC2)cc1. The second-order valence-electron chi connectivity index (χ2n) is 7.91. The maximum atomic E-state index is 12.3. The zero-order chi connectivity index (χ0) is 19.5. The lowest BCUT2D eigenvalue weighted by Crippen LogP contribution is -3.16. The van der Waals surface area contributed by atoms with Crippen LogP contribution in [0.3, 0.4) is 0 Å². The summed E-state index contributed by atoms with van der Waals surface area (Å²) in [7, 11) is 1.70. The highest BCUT2D eigenvalue weighted by molar-refractivity contribution is 7.10. The lowest BCUT2D eigenvalue weighted by molar-refractivity contribution is -0.933. The third-order valence-corrected chi connectivity index (χ3v) is 6.91. The molecular weight excluding hydrogens is 370 g/mol. The molecule has 2 fully saturated rings. The number of thiophene rings is 1. The summed E-state index contributed by atoms with van der Waals surface area (Å²) in [5, 5.41) is 5.45. The number of anilines is 1. The number of carbonyl (C=O) groups excluding carboxylic acids is 1. The van der Waals surface area contributed by atoms with Crippen molar-refractivity contribution >= 4 is 22.9 Å². The second kappa shape index (κ2) is 8.53. The van der Waals surface area contributed by atoms with E-state index >= 15 is 0 Å². The molecule has 1 amide bonds. The number of piperazine rings is 1. The molecule has 2 atom stereocenters. The van der Waals surface area contributed by atoms with E-state index in [1.165, 1.54) is 10.6 Å². The number of hydrogen-bond donors (Lipinski definition) is 2. The molecule has 0 spiro atoms. The molecule has 0 radical (unpaired) electrons. The zero-order valence-electron chi connectivity index (χ0n) is 16.7. The van der Waals surface area contributed by atoms with Gasteiger partial charge in [-0.1, -0.05) is 6.07 Å². The first kappa shape index (κ1) is 19.3. The van der Waals surface area contributed by atoms with Gasteiger partial charge in [0.15, 0.2) is 0 Å². The van der Waals surface area contributed by atoms with Crippen LogP contribution in [0.4, 0.5) is 5.69 Å². The van der Waals surface area contributed by atoms with Gasteiger partial charge in [0.2, 0.25) is 5.91 Å². The Balaban J connectivity index is 1.42. The van der Waals surface area contributed by atoms with E-state index in [9.17, 15) is 4.79 Å². The van der Waals surface area contributed by atoms with Crippen molar-refractivity contribution in [2.24, 2.45) is 5.92 Å². The van der Waals surface area contributed by atoms with Gasteiger partial charge in [-0.2, -0.15) is 0 Å². The number of methoxy groups -OCH3 is 1. The molecule has 0 unspecified atom stereocenters. The summed E-state index contributed by atoms with van der Waals surface area (Å²) < 4.78 is 5.27. The van der Waals surface area contributed by atoms with E-state index < -0.39 is 0 Å². The zero-order valence-corrected chi connectivity index (χ0v) is 17.5. The van der Waals surface area contributed by atoms with Crippen molar-refractivity contribution < 1.29 is 14.4 Å². The quantitative estimate of drug-likeness (QED) is 0.748. The number of ether oxygens (including phenoxy) is 1. The van der Waals surface area contributed by atoms with Gasteiger partial charge in [0.25, 0.3) is 0 Å². The number of quaternary nitrogens is 1. The molecule has 1 saturated heterocycles. The number of nitrogens with one attached hydrogen (secondary N) is 2. The standard InChI is InChI=1S/C22H29N3O2S/c1-16(23-22(26)17-5-6-17)21(20-4-3-15-28-20)25-13-11-24(12-14-25)18-7-9-19(27-2)10-8-18/h3-4,7-10,15-17,21H,5-6,11-14H2,1-2H3,(H,23,26)/p+1/t16-,21-/m0/s1. The normalized spacial score (nSPS) is 19.9. The molecular formula is C22H30N3O2S+. The Labute approximate surface area is 171 Å². The molecule has 1 aliphatic heterocycles. The lowest BCUT2D eigenvalue weighted by Gasteiger charge is -2.39. The molecule has 0 bridgehead atoms. The Morgan fingerprint density at radius 1 is 1.21 bits per heavy atom. The minimum Gasteiger partial charge on any atom is -0.497 e. The van der Waals surface area contributed by atoms with E-state index in [0.29, 0.717) is 6.04 Å². The number of carbonyl (C=O) groups is 1. The molecule has 2 aromatic rings. The van der Waals surface area contributed by atoms with Gasteiger partial charge in [-0.3, -0.25) is 4.79 Å². The number of benzene rings is 1. The van der Waals surface area contributed by atoms with Gasteiger partial charge in [-0.15, -0.1) is 11.3 Å². The summed E-state index contributed by atoms with van der Waals surface area (Å²) in [6.07, 6.45) is 2.10. The van der Waals surface area contributed by atoms with Crippen LogP contribution in [0.5, 0.6) is 5.75 Å². The molecule has 1 aromatic heterocycles. The number of nitrogens with zero attached hydrogens (tertiary/aromatic N) is 1. The molecule has 5 nitrogen and oxygen atoms in total. The molecule has 1 aliphatic carbocycles. The van der Waals surface area contributed by atoms with Crippen molar-refractivity contribution in [2.45, 2.75) is 31.8 Å². The van der Waals surface area contributed by atoms with Crippen LogP contribution in [0.2, 0.25) is 0 Å². The van der Waals surface area contributed by atoms with Crippen molar-refractivity contribution in [1.29, 1.82) is 0 Å². The maximum absolute atomic E-state index is 12.3.